The van der Waals surface area contributed by atoms with E-state index in [0.717, 1.165) is 15.8 Å². The zero-order valence-electron chi connectivity index (χ0n) is 10.9. The first kappa shape index (κ1) is 14.1. The maximum Gasteiger partial charge on any atom is 0.252 e. The summed E-state index contributed by atoms with van der Waals surface area (Å²) in [6.45, 7) is 0.361. The van der Waals surface area contributed by atoms with Gasteiger partial charge in [-0.05, 0) is 40.2 Å². The van der Waals surface area contributed by atoms with E-state index in [-0.39, 0.29) is 5.91 Å². The third-order valence-corrected chi connectivity index (χ3v) is 3.93. The number of carbonyl (C=O) groups is 1. The van der Waals surface area contributed by atoms with E-state index in [0.29, 0.717) is 17.1 Å². The first-order chi connectivity index (χ1) is 10.1. The lowest BCUT2D eigenvalue weighted by Crippen LogP contribution is -2.23. The summed E-state index contributed by atoms with van der Waals surface area (Å²) >= 11 is 9.29. The van der Waals surface area contributed by atoms with Crippen molar-refractivity contribution < 1.29 is 4.79 Å². The number of pyridine rings is 1. The van der Waals surface area contributed by atoms with Crippen LogP contribution in [0, 0.1) is 0 Å². The SMILES string of the molecule is O=C(NCc1cn2cc(Cl)ccc2n1)c1ccccc1Br. The molecule has 2 aromatic heterocycles. The van der Waals surface area contributed by atoms with Gasteiger partial charge in [0.1, 0.15) is 5.65 Å². The molecule has 3 rings (SSSR count). The van der Waals surface area contributed by atoms with Crippen LogP contribution in [0.2, 0.25) is 5.02 Å². The molecule has 1 amide bonds. The lowest BCUT2D eigenvalue weighted by atomic mass is 10.2. The number of carbonyl (C=O) groups excluding carboxylic acids is 1. The van der Waals surface area contributed by atoms with Crippen molar-refractivity contribution in [3.63, 3.8) is 0 Å². The van der Waals surface area contributed by atoms with Crippen molar-refractivity contribution in [2.75, 3.05) is 0 Å². The molecular formula is C15H11BrClN3O. The van der Waals surface area contributed by atoms with Gasteiger partial charge in [0.15, 0.2) is 0 Å². The molecule has 0 radical (unpaired) electrons. The summed E-state index contributed by atoms with van der Waals surface area (Å²) in [5, 5.41) is 3.50. The van der Waals surface area contributed by atoms with Crippen molar-refractivity contribution in [3.8, 4) is 0 Å². The van der Waals surface area contributed by atoms with Crippen molar-refractivity contribution >= 4 is 39.1 Å². The highest BCUT2D eigenvalue weighted by molar-refractivity contribution is 9.10. The fraction of sp³-hybridized carbons (Fsp3) is 0.0667. The normalized spacial score (nSPS) is 10.8. The van der Waals surface area contributed by atoms with Crippen LogP contribution in [0.25, 0.3) is 5.65 Å². The van der Waals surface area contributed by atoms with Gasteiger partial charge in [0.2, 0.25) is 0 Å². The molecule has 2 heterocycles. The van der Waals surface area contributed by atoms with E-state index in [2.05, 4.69) is 26.2 Å². The molecule has 1 aromatic carbocycles. The molecule has 0 saturated heterocycles. The maximum atomic E-state index is 12.1. The molecule has 0 unspecified atom stereocenters. The quantitative estimate of drug-likeness (QED) is 0.770. The molecule has 106 valence electrons. The average Bonchev–Trinajstić information content (AvgIpc) is 2.87. The molecule has 0 fully saturated rings. The minimum atomic E-state index is -0.141. The maximum absolute atomic E-state index is 12.1. The minimum Gasteiger partial charge on any atom is -0.346 e. The summed E-state index contributed by atoms with van der Waals surface area (Å²) in [6.07, 6.45) is 3.63. The molecule has 4 nitrogen and oxygen atoms in total. The van der Waals surface area contributed by atoms with E-state index < -0.39 is 0 Å². The van der Waals surface area contributed by atoms with E-state index in [9.17, 15) is 4.79 Å². The van der Waals surface area contributed by atoms with Crippen LogP contribution >= 0.6 is 27.5 Å². The highest BCUT2D eigenvalue weighted by atomic mass is 79.9. The van der Waals surface area contributed by atoms with Crippen LogP contribution in [0.1, 0.15) is 16.1 Å². The van der Waals surface area contributed by atoms with E-state index in [1.807, 2.05) is 34.9 Å². The number of aromatic nitrogens is 2. The van der Waals surface area contributed by atoms with Crippen molar-refractivity contribution in [3.05, 3.63) is 69.5 Å². The Balaban J connectivity index is 1.74. The van der Waals surface area contributed by atoms with Crippen LogP contribution < -0.4 is 5.32 Å². The fourth-order valence-electron chi connectivity index (χ4n) is 2.01. The second kappa shape index (κ2) is 5.87. The second-order valence-electron chi connectivity index (χ2n) is 4.51. The van der Waals surface area contributed by atoms with E-state index in [4.69, 9.17) is 11.6 Å². The van der Waals surface area contributed by atoms with Gasteiger partial charge in [-0.15, -0.1) is 0 Å². The largest absolute Gasteiger partial charge is 0.346 e. The number of imidazole rings is 1. The summed E-state index contributed by atoms with van der Waals surface area (Å²) in [7, 11) is 0. The van der Waals surface area contributed by atoms with Gasteiger partial charge in [-0.2, -0.15) is 0 Å². The van der Waals surface area contributed by atoms with Crippen LogP contribution in [0.3, 0.4) is 0 Å². The monoisotopic (exact) mass is 363 g/mol. The standard InChI is InChI=1S/C15H11BrClN3O/c16-13-4-2-1-3-12(13)15(21)18-7-11-9-20-8-10(17)5-6-14(20)19-11/h1-6,8-9H,7H2,(H,18,21). The molecule has 0 aliphatic heterocycles. The molecule has 0 bridgehead atoms. The van der Waals surface area contributed by atoms with Crippen molar-refractivity contribution in [2.45, 2.75) is 6.54 Å². The van der Waals surface area contributed by atoms with E-state index in [1.165, 1.54) is 0 Å². The molecule has 0 atom stereocenters. The van der Waals surface area contributed by atoms with Crippen molar-refractivity contribution in [2.24, 2.45) is 0 Å². The molecule has 21 heavy (non-hydrogen) atoms. The predicted molar refractivity (Wildman–Crippen MR) is 85.5 cm³/mol. The average molecular weight is 365 g/mol. The third-order valence-electron chi connectivity index (χ3n) is 3.01. The Morgan fingerprint density at radius 3 is 2.86 bits per heavy atom. The van der Waals surface area contributed by atoms with Gasteiger partial charge in [0.05, 0.1) is 22.8 Å². The molecular weight excluding hydrogens is 354 g/mol. The highest BCUT2D eigenvalue weighted by Crippen LogP contribution is 2.16. The Morgan fingerprint density at radius 1 is 1.24 bits per heavy atom. The summed E-state index contributed by atoms with van der Waals surface area (Å²) in [5.41, 5.74) is 2.17. The number of amides is 1. The van der Waals surface area contributed by atoms with Gasteiger partial charge in [-0.25, -0.2) is 4.98 Å². The number of nitrogens with one attached hydrogen (secondary N) is 1. The highest BCUT2D eigenvalue weighted by Gasteiger charge is 2.09. The lowest BCUT2D eigenvalue weighted by molar-refractivity contribution is 0.0949. The van der Waals surface area contributed by atoms with Gasteiger partial charge < -0.3 is 9.72 Å². The van der Waals surface area contributed by atoms with Crippen LogP contribution in [-0.2, 0) is 6.54 Å². The van der Waals surface area contributed by atoms with Gasteiger partial charge in [-0.3, -0.25) is 4.79 Å². The van der Waals surface area contributed by atoms with Gasteiger partial charge >= 0.3 is 0 Å². The first-order valence-electron chi connectivity index (χ1n) is 6.29. The molecule has 6 heteroatoms. The smallest absolute Gasteiger partial charge is 0.252 e. The van der Waals surface area contributed by atoms with Crippen LogP contribution in [0.15, 0.2) is 53.3 Å². The van der Waals surface area contributed by atoms with Gasteiger partial charge in [-0.1, -0.05) is 23.7 Å². The zero-order chi connectivity index (χ0) is 14.8. The Hall–Kier alpha value is -1.85. The molecule has 0 aliphatic carbocycles. The molecule has 3 aromatic rings. The summed E-state index contributed by atoms with van der Waals surface area (Å²) < 4.78 is 2.60. The Labute approximate surface area is 134 Å². The third kappa shape index (κ3) is 3.09. The topological polar surface area (TPSA) is 46.4 Å². The van der Waals surface area contributed by atoms with E-state index in [1.54, 1.807) is 18.3 Å². The lowest BCUT2D eigenvalue weighted by Gasteiger charge is -2.04. The van der Waals surface area contributed by atoms with Crippen LogP contribution in [0.5, 0.6) is 0 Å². The first-order valence-corrected chi connectivity index (χ1v) is 7.46. The van der Waals surface area contributed by atoms with Gasteiger partial charge in [0.25, 0.3) is 5.91 Å². The Kier molecular flexibility index (Phi) is 3.94. The zero-order valence-corrected chi connectivity index (χ0v) is 13.2. The summed E-state index contributed by atoms with van der Waals surface area (Å²) in [5.74, 6) is -0.141. The second-order valence-corrected chi connectivity index (χ2v) is 5.80. The number of benzene rings is 1. The number of fused-ring (bicyclic) bond motifs is 1. The number of nitrogens with zero attached hydrogens (tertiary/aromatic N) is 2. The molecule has 0 saturated carbocycles. The van der Waals surface area contributed by atoms with Gasteiger partial charge in [0, 0.05) is 16.9 Å². The number of rotatable bonds is 3. The molecule has 0 aliphatic rings. The minimum absolute atomic E-state index is 0.141. The Bertz CT molecular complexity index is 816. The summed E-state index contributed by atoms with van der Waals surface area (Å²) in [6, 6.07) is 10.9. The number of hydrogen-bond acceptors (Lipinski definition) is 2. The number of halogens is 2. The number of hydrogen-bond donors (Lipinski definition) is 1. The van der Waals surface area contributed by atoms with Crippen LogP contribution in [-0.4, -0.2) is 15.3 Å². The van der Waals surface area contributed by atoms with Crippen molar-refractivity contribution in [1.29, 1.82) is 0 Å². The fourth-order valence-corrected chi connectivity index (χ4v) is 2.65. The van der Waals surface area contributed by atoms with Crippen LogP contribution in [0.4, 0.5) is 0 Å². The summed E-state index contributed by atoms with van der Waals surface area (Å²) in [4.78, 5) is 16.5. The van der Waals surface area contributed by atoms with E-state index >= 15 is 0 Å². The Morgan fingerprint density at radius 2 is 2.05 bits per heavy atom. The predicted octanol–water partition coefficient (Wildman–Crippen LogP) is 3.68. The van der Waals surface area contributed by atoms with Crippen molar-refractivity contribution in [1.82, 2.24) is 14.7 Å². The molecule has 1 N–H and O–H groups in total. The molecule has 0 spiro atoms.